The fourth-order valence-corrected chi connectivity index (χ4v) is 3.32. The first kappa shape index (κ1) is 14.2. The van der Waals surface area contributed by atoms with E-state index in [9.17, 15) is 0 Å². The van der Waals surface area contributed by atoms with Crippen LogP contribution in [0.3, 0.4) is 0 Å². The Morgan fingerprint density at radius 1 is 1.29 bits per heavy atom. The van der Waals surface area contributed by atoms with E-state index in [4.69, 9.17) is 11.6 Å². The van der Waals surface area contributed by atoms with Gasteiger partial charge in [-0.05, 0) is 36.7 Å². The van der Waals surface area contributed by atoms with E-state index >= 15 is 0 Å². The zero-order chi connectivity index (χ0) is 14.8. The zero-order valence-electron chi connectivity index (χ0n) is 11.9. The summed E-state index contributed by atoms with van der Waals surface area (Å²) in [6.07, 6.45) is 2.68. The van der Waals surface area contributed by atoms with Gasteiger partial charge in [0.2, 0.25) is 5.28 Å². The quantitative estimate of drug-likeness (QED) is 0.687. The van der Waals surface area contributed by atoms with Gasteiger partial charge in [-0.15, -0.1) is 11.3 Å². The highest BCUT2D eigenvalue weighted by Crippen LogP contribution is 2.31. The summed E-state index contributed by atoms with van der Waals surface area (Å²) < 4.78 is 0. The van der Waals surface area contributed by atoms with Gasteiger partial charge in [0.15, 0.2) is 0 Å². The second-order valence-electron chi connectivity index (χ2n) is 4.88. The third-order valence-electron chi connectivity index (χ3n) is 3.26. The molecule has 0 aliphatic rings. The third kappa shape index (κ3) is 3.14. The number of hydrogen-bond acceptors (Lipinski definition) is 5. The Labute approximate surface area is 132 Å². The number of likely N-dealkylation sites (N-methyl/N-ethyl adjacent to an activating group) is 1. The zero-order valence-corrected chi connectivity index (χ0v) is 13.4. The maximum Gasteiger partial charge on any atom is 0.225 e. The first-order chi connectivity index (χ1) is 10.1. The molecule has 0 atom stereocenters. The standard InChI is InChI=1S/C15H15ClN4S/c1-10-9-12-13(18-15(16)19-14(12)21-10)20(2)8-6-11-5-3-4-7-17-11/h3-5,7,9H,6,8H2,1-2H3. The lowest BCUT2D eigenvalue weighted by Crippen LogP contribution is -2.22. The van der Waals surface area contributed by atoms with Gasteiger partial charge in [-0.2, -0.15) is 4.98 Å². The van der Waals surface area contributed by atoms with Crippen LogP contribution in [0, 0.1) is 6.92 Å². The van der Waals surface area contributed by atoms with Crippen LogP contribution in [0.25, 0.3) is 10.2 Å². The number of thiophene rings is 1. The van der Waals surface area contributed by atoms with Crippen molar-refractivity contribution in [1.82, 2.24) is 15.0 Å². The number of aryl methyl sites for hydroxylation is 1. The molecule has 6 heteroatoms. The molecule has 0 unspecified atom stereocenters. The molecule has 0 fully saturated rings. The molecule has 0 radical (unpaired) electrons. The average Bonchev–Trinajstić information content (AvgIpc) is 2.85. The Kier molecular flexibility index (Phi) is 4.03. The van der Waals surface area contributed by atoms with Crippen LogP contribution in [0.15, 0.2) is 30.5 Å². The molecule has 3 aromatic heterocycles. The van der Waals surface area contributed by atoms with E-state index in [0.29, 0.717) is 5.28 Å². The number of halogens is 1. The van der Waals surface area contributed by atoms with Crippen molar-refractivity contribution in [1.29, 1.82) is 0 Å². The SMILES string of the molecule is Cc1cc2c(N(C)CCc3ccccn3)nc(Cl)nc2s1. The van der Waals surface area contributed by atoms with Gasteiger partial charge < -0.3 is 4.90 Å². The second kappa shape index (κ2) is 5.95. The first-order valence-corrected chi connectivity index (χ1v) is 7.87. The molecular weight excluding hydrogens is 304 g/mol. The number of aromatic nitrogens is 3. The van der Waals surface area contributed by atoms with Gasteiger partial charge in [0.1, 0.15) is 10.6 Å². The van der Waals surface area contributed by atoms with Crippen LogP contribution in [0.5, 0.6) is 0 Å². The second-order valence-corrected chi connectivity index (χ2v) is 6.46. The van der Waals surface area contributed by atoms with Gasteiger partial charge in [-0.1, -0.05) is 6.07 Å². The average molecular weight is 319 g/mol. The van der Waals surface area contributed by atoms with Crippen molar-refractivity contribution in [2.75, 3.05) is 18.5 Å². The van der Waals surface area contributed by atoms with Gasteiger partial charge >= 0.3 is 0 Å². The number of pyridine rings is 1. The molecule has 0 amide bonds. The van der Waals surface area contributed by atoms with Crippen LogP contribution < -0.4 is 4.90 Å². The Bertz CT molecular complexity index is 757. The first-order valence-electron chi connectivity index (χ1n) is 6.68. The summed E-state index contributed by atoms with van der Waals surface area (Å²) in [5.41, 5.74) is 1.07. The highest BCUT2D eigenvalue weighted by Gasteiger charge is 2.13. The number of anilines is 1. The summed E-state index contributed by atoms with van der Waals surface area (Å²) >= 11 is 7.68. The van der Waals surface area contributed by atoms with Crippen molar-refractivity contribution < 1.29 is 0 Å². The molecule has 0 N–H and O–H groups in total. The lowest BCUT2D eigenvalue weighted by molar-refractivity contribution is 0.841. The highest BCUT2D eigenvalue weighted by molar-refractivity contribution is 7.18. The van der Waals surface area contributed by atoms with E-state index in [1.807, 2.05) is 31.4 Å². The fourth-order valence-electron chi connectivity index (χ4n) is 2.23. The summed E-state index contributed by atoms with van der Waals surface area (Å²) in [6, 6.07) is 8.08. The van der Waals surface area contributed by atoms with E-state index in [1.54, 1.807) is 11.3 Å². The molecular formula is C15H15ClN4S. The number of nitrogens with zero attached hydrogens (tertiary/aromatic N) is 4. The topological polar surface area (TPSA) is 41.9 Å². The Morgan fingerprint density at radius 2 is 2.14 bits per heavy atom. The van der Waals surface area contributed by atoms with E-state index in [-0.39, 0.29) is 0 Å². The van der Waals surface area contributed by atoms with Crippen molar-refractivity contribution in [3.05, 3.63) is 46.3 Å². The van der Waals surface area contributed by atoms with Crippen LogP contribution >= 0.6 is 22.9 Å². The summed E-state index contributed by atoms with van der Waals surface area (Å²) in [5, 5.41) is 1.36. The lowest BCUT2D eigenvalue weighted by Gasteiger charge is -2.18. The number of hydrogen-bond donors (Lipinski definition) is 0. The maximum atomic E-state index is 6.04. The predicted octanol–water partition coefficient (Wildman–Crippen LogP) is 3.73. The van der Waals surface area contributed by atoms with Crippen molar-refractivity contribution in [2.24, 2.45) is 0 Å². The summed E-state index contributed by atoms with van der Waals surface area (Å²) in [4.78, 5) is 17.3. The number of rotatable bonds is 4. The minimum absolute atomic E-state index is 0.295. The van der Waals surface area contributed by atoms with Crippen LogP contribution in [0.4, 0.5) is 5.82 Å². The molecule has 0 saturated carbocycles. The van der Waals surface area contributed by atoms with Gasteiger partial charge in [-0.3, -0.25) is 4.98 Å². The van der Waals surface area contributed by atoms with Crippen molar-refractivity contribution in [2.45, 2.75) is 13.3 Å². The molecule has 4 nitrogen and oxygen atoms in total. The van der Waals surface area contributed by atoms with E-state index in [0.717, 1.165) is 34.7 Å². The molecule has 0 aromatic carbocycles. The van der Waals surface area contributed by atoms with Crippen molar-refractivity contribution in [3.8, 4) is 0 Å². The number of fused-ring (bicyclic) bond motifs is 1. The molecule has 0 aliphatic heterocycles. The van der Waals surface area contributed by atoms with Crippen LogP contribution in [0.1, 0.15) is 10.6 Å². The predicted molar refractivity (Wildman–Crippen MR) is 88.4 cm³/mol. The Balaban J connectivity index is 1.85. The normalized spacial score (nSPS) is 11.0. The van der Waals surface area contributed by atoms with Crippen molar-refractivity contribution in [3.63, 3.8) is 0 Å². The minimum Gasteiger partial charge on any atom is -0.359 e. The molecule has 3 heterocycles. The fraction of sp³-hybridized carbons (Fsp3) is 0.267. The molecule has 3 rings (SSSR count). The lowest BCUT2D eigenvalue weighted by atomic mass is 10.2. The van der Waals surface area contributed by atoms with Crippen LogP contribution in [0.2, 0.25) is 5.28 Å². The summed E-state index contributed by atoms with van der Waals surface area (Å²) in [5.74, 6) is 0.880. The van der Waals surface area contributed by atoms with Crippen molar-refractivity contribution >= 4 is 39.0 Å². The minimum atomic E-state index is 0.295. The van der Waals surface area contributed by atoms with Gasteiger partial charge in [0.25, 0.3) is 0 Å². The molecule has 3 aromatic rings. The molecule has 21 heavy (non-hydrogen) atoms. The van der Waals surface area contributed by atoms with E-state index < -0.39 is 0 Å². The molecule has 0 bridgehead atoms. The molecule has 108 valence electrons. The third-order valence-corrected chi connectivity index (χ3v) is 4.37. The smallest absolute Gasteiger partial charge is 0.225 e. The summed E-state index contributed by atoms with van der Waals surface area (Å²) in [7, 11) is 2.02. The highest BCUT2D eigenvalue weighted by atomic mass is 35.5. The Hall–Kier alpha value is -1.72. The van der Waals surface area contributed by atoms with E-state index in [1.165, 1.54) is 4.88 Å². The van der Waals surface area contributed by atoms with Gasteiger partial charge in [0, 0.05) is 36.8 Å². The van der Waals surface area contributed by atoms with Crippen LogP contribution in [-0.4, -0.2) is 28.5 Å². The summed E-state index contributed by atoms with van der Waals surface area (Å²) in [6.45, 7) is 2.90. The maximum absolute atomic E-state index is 6.04. The Morgan fingerprint density at radius 3 is 2.90 bits per heavy atom. The van der Waals surface area contributed by atoms with Gasteiger partial charge in [0.05, 0.1) is 5.39 Å². The molecule has 0 spiro atoms. The largest absolute Gasteiger partial charge is 0.359 e. The van der Waals surface area contributed by atoms with Gasteiger partial charge in [-0.25, -0.2) is 4.98 Å². The van der Waals surface area contributed by atoms with Crippen LogP contribution in [-0.2, 0) is 6.42 Å². The van der Waals surface area contributed by atoms with E-state index in [2.05, 4.69) is 32.8 Å². The molecule has 0 saturated heterocycles. The monoisotopic (exact) mass is 318 g/mol. The molecule has 0 aliphatic carbocycles.